The van der Waals surface area contributed by atoms with E-state index in [4.69, 9.17) is 4.74 Å². The lowest BCUT2D eigenvalue weighted by molar-refractivity contribution is -0.0231. The summed E-state index contributed by atoms with van der Waals surface area (Å²) in [4.78, 5) is 4.08. The summed E-state index contributed by atoms with van der Waals surface area (Å²) >= 11 is 0. The van der Waals surface area contributed by atoms with Crippen LogP contribution in [-0.2, 0) is 11.3 Å². The van der Waals surface area contributed by atoms with E-state index in [1.54, 1.807) is 5.57 Å². The third-order valence-electron chi connectivity index (χ3n) is 6.81. The number of hydrogen-bond donors (Lipinski definition) is 0. The van der Waals surface area contributed by atoms with Crippen LogP contribution in [0.3, 0.4) is 0 Å². The van der Waals surface area contributed by atoms with Crippen LogP contribution < -0.4 is 0 Å². The van der Waals surface area contributed by atoms with Gasteiger partial charge in [0, 0.05) is 12.4 Å². The van der Waals surface area contributed by atoms with E-state index in [1.165, 1.54) is 24.8 Å². The minimum atomic E-state index is 0.371. The van der Waals surface area contributed by atoms with Gasteiger partial charge in [-0.1, -0.05) is 46.3 Å². The third-order valence-corrected chi connectivity index (χ3v) is 6.81. The molecule has 2 aliphatic rings. The lowest BCUT2D eigenvalue weighted by Crippen LogP contribution is -2.46. The monoisotopic (exact) mass is 341 g/mol. The molecule has 0 aromatic carbocycles. The van der Waals surface area contributed by atoms with Gasteiger partial charge in [-0.15, -0.1) is 0 Å². The second kappa shape index (κ2) is 7.61. The molecule has 4 atom stereocenters. The van der Waals surface area contributed by atoms with Crippen molar-refractivity contribution in [2.24, 2.45) is 29.1 Å². The van der Waals surface area contributed by atoms with E-state index in [-0.39, 0.29) is 0 Å². The largest absolute Gasteiger partial charge is 0.373 e. The Morgan fingerprint density at radius 1 is 1.16 bits per heavy atom. The molecule has 2 nitrogen and oxygen atoms in total. The molecular formula is C23H35NO. The molecule has 1 saturated carbocycles. The lowest BCUT2D eigenvalue weighted by atomic mass is 9.52. The van der Waals surface area contributed by atoms with Gasteiger partial charge in [0.25, 0.3) is 0 Å². The molecule has 0 aliphatic heterocycles. The molecule has 0 radical (unpaired) electrons. The molecule has 1 aromatic rings. The molecule has 1 fully saturated rings. The summed E-state index contributed by atoms with van der Waals surface area (Å²) in [5.74, 6) is 3.13. The smallest absolute Gasteiger partial charge is 0.0721 e. The van der Waals surface area contributed by atoms with Crippen LogP contribution in [0.2, 0.25) is 0 Å². The molecule has 0 saturated heterocycles. The zero-order chi connectivity index (χ0) is 18.0. The second-order valence-electron chi connectivity index (χ2n) is 9.09. The van der Waals surface area contributed by atoms with Crippen molar-refractivity contribution in [3.05, 3.63) is 41.7 Å². The van der Waals surface area contributed by atoms with E-state index >= 15 is 0 Å². The Balaban J connectivity index is 1.70. The quantitative estimate of drug-likeness (QED) is 0.610. The standard InChI is InChI=1S/C23H35NO/c1-16(2)21-7-6-19-14-20(25-15-18-9-12-24-13-10-18)8-11-23(19,5)22(21)17(3)4/h6,9-10,12-13,16-17,20-22H,7-8,11,14-15H2,1-5H3/t20-,21?,22?,23-/m0/s1. The van der Waals surface area contributed by atoms with Gasteiger partial charge in [-0.25, -0.2) is 0 Å². The van der Waals surface area contributed by atoms with Crippen molar-refractivity contribution in [1.82, 2.24) is 4.98 Å². The Bertz CT molecular complexity index is 591. The van der Waals surface area contributed by atoms with Crippen molar-refractivity contribution >= 4 is 0 Å². The SMILES string of the molecule is CC(C)C1CC=C2C[C@@H](OCc3ccncc3)CC[C@]2(C)C1C(C)C. The van der Waals surface area contributed by atoms with Crippen LogP contribution in [-0.4, -0.2) is 11.1 Å². The number of ether oxygens (including phenoxy) is 1. The van der Waals surface area contributed by atoms with Gasteiger partial charge in [0.1, 0.15) is 0 Å². The van der Waals surface area contributed by atoms with Crippen molar-refractivity contribution in [3.8, 4) is 0 Å². The van der Waals surface area contributed by atoms with Crippen molar-refractivity contribution in [1.29, 1.82) is 0 Å². The topological polar surface area (TPSA) is 22.1 Å². The van der Waals surface area contributed by atoms with Crippen molar-refractivity contribution < 1.29 is 4.74 Å². The van der Waals surface area contributed by atoms with Gasteiger partial charge in [0.2, 0.25) is 0 Å². The predicted molar refractivity (Wildman–Crippen MR) is 104 cm³/mol. The number of rotatable bonds is 5. The summed E-state index contributed by atoms with van der Waals surface area (Å²) in [6.07, 6.45) is 11.5. The molecule has 0 amide bonds. The van der Waals surface area contributed by atoms with Gasteiger partial charge in [-0.05, 0) is 72.5 Å². The number of nitrogens with zero attached hydrogens (tertiary/aromatic N) is 1. The van der Waals surface area contributed by atoms with Gasteiger partial charge in [0.15, 0.2) is 0 Å². The average Bonchev–Trinajstić information content (AvgIpc) is 2.59. The number of fused-ring (bicyclic) bond motifs is 1. The molecule has 2 aliphatic carbocycles. The average molecular weight is 342 g/mol. The summed E-state index contributed by atoms with van der Waals surface area (Å²) in [5.41, 5.74) is 3.27. The van der Waals surface area contributed by atoms with E-state index in [1.807, 2.05) is 12.4 Å². The van der Waals surface area contributed by atoms with Gasteiger partial charge < -0.3 is 4.74 Å². The molecule has 3 rings (SSSR count). The molecule has 1 aromatic heterocycles. The van der Waals surface area contributed by atoms with Crippen LogP contribution in [0.25, 0.3) is 0 Å². The Hall–Kier alpha value is -1.15. The van der Waals surface area contributed by atoms with E-state index in [0.717, 1.165) is 30.1 Å². The second-order valence-corrected chi connectivity index (χ2v) is 9.09. The third kappa shape index (κ3) is 3.84. The summed E-state index contributed by atoms with van der Waals surface area (Å²) in [5, 5.41) is 0. The van der Waals surface area contributed by atoms with Crippen LogP contribution in [0.15, 0.2) is 36.2 Å². The van der Waals surface area contributed by atoms with Crippen LogP contribution >= 0.6 is 0 Å². The van der Waals surface area contributed by atoms with E-state index in [9.17, 15) is 0 Å². The zero-order valence-corrected chi connectivity index (χ0v) is 16.7. The van der Waals surface area contributed by atoms with Crippen molar-refractivity contribution in [2.75, 3.05) is 0 Å². The van der Waals surface area contributed by atoms with Gasteiger partial charge in [-0.3, -0.25) is 4.98 Å². The molecule has 0 bridgehead atoms. The Kier molecular flexibility index (Phi) is 5.68. The normalized spacial score (nSPS) is 32.6. The van der Waals surface area contributed by atoms with Crippen LogP contribution in [0.5, 0.6) is 0 Å². The van der Waals surface area contributed by atoms with E-state index in [2.05, 4.69) is 57.8 Å². The molecule has 2 heteroatoms. The summed E-state index contributed by atoms with van der Waals surface area (Å²) < 4.78 is 6.26. The number of hydrogen-bond acceptors (Lipinski definition) is 2. The Morgan fingerprint density at radius 2 is 1.88 bits per heavy atom. The van der Waals surface area contributed by atoms with Crippen LogP contribution in [0.1, 0.15) is 65.9 Å². The van der Waals surface area contributed by atoms with E-state index < -0.39 is 0 Å². The fraction of sp³-hybridized carbons (Fsp3) is 0.696. The van der Waals surface area contributed by atoms with Crippen LogP contribution in [0, 0.1) is 29.1 Å². The molecule has 1 heterocycles. The van der Waals surface area contributed by atoms with Gasteiger partial charge in [0.05, 0.1) is 12.7 Å². The van der Waals surface area contributed by atoms with Gasteiger partial charge >= 0.3 is 0 Å². The fourth-order valence-electron chi connectivity index (χ4n) is 5.55. The van der Waals surface area contributed by atoms with Crippen LogP contribution in [0.4, 0.5) is 0 Å². The number of pyridine rings is 1. The molecule has 2 unspecified atom stereocenters. The van der Waals surface area contributed by atoms with Crippen molar-refractivity contribution in [2.45, 2.75) is 73.0 Å². The number of aromatic nitrogens is 1. The highest BCUT2D eigenvalue weighted by atomic mass is 16.5. The fourth-order valence-corrected chi connectivity index (χ4v) is 5.55. The van der Waals surface area contributed by atoms with Gasteiger partial charge in [-0.2, -0.15) is 0 Å². The summed E-state index contributed by atoms with van der Waals surface area (Å²) in [7, 11) is 0. The zero-order valence-electron chi connectivity index (χ0n) is 16.7. The van der Waals surface area contributed by atoms with E-state index in [0.29, 0.717) is 18.1 Å². The maximum absolute atomic E-state index is 6.26. The first-order valence-corrected chi connectivity index (χ1v) is 10.1. The highest BCUT2D eigenvalue weighted by Crippen LogP contribution is 2.56. The first-order chi connectivity index (χ1) is 11.9. The Labute approximate surface area is 154 Å². The predicted octanol–water partition coefficient (Wildman–Crippen LogP) is 6.03. The molecule has 25 heavy (non-hydrogen) atoms. The first-order valence-electron chi connectivity index (χ1n) is 10.1. The molecular weight excluding hydrogens is 306 g/mol. The molecule has 138 valence electrons. The number of allylic oxidation sites excluding steroid dienone is 1. The maximum Gasteiger partial charge on any atom is 0.0721 e. The molecule has 0 spiro atoms. The highest BCUT2D eigenvalue weighted by molar-refractivity contribution is 5.24. The Morgan fingerprint density at radius 3 is 2.52 bits per heavy atom. The summed E-state index contributed by atoms with van der Waals surface area (Å²) in [6, 6.07) is 4.10. The first kappa shape index (κ1) is 18.6. The minimum absolute atomic E-state index is 0.371. The summed E-state index contributed by atoms with van der Waals surface area (Å²) in [6.45, 7) is 12.9. The highest BCUT2D eigenvalue weighted by Gasteiger charge is 2.48. The molecule has 0 N–H and O–H groups in total. The lowest BCUT2D eigenvalue weighted by Gasteiger charge is -2.53. The minimum Gasteiger partial charge on any atom is -0.373 e. The van der Waals surface area contributed by atoms with Crippen molar-refractivity contribution in [3.63, 3.8) is 0 Å². The maximum atomic E-state index is 6.26.